The lowest BCUT2D eigenvalue weighted by Crippen LogP contribution is -2.29. The summed E-state index contributed by atoms with van der Waals surface area (Å²) < 4.78 is 7.77. The van der Waals surface area contributed by atoms with Gasteiger partial charge >= 0.3 is 5.97 Å². The maximum Gasteiger partial charge on any atom is 0.341 e. The minimum absolute atomic E-state index is 0.221. The Kier molecular flexibility index (Phi) is 5.80. The molecule has 0 radical (unpaired) electrons. The molecule has 0 fully saturated rings. The molecule has 2 aromatic heterocycles. The summed E-state index contributed by atoms with van der Waals surface area (Å²) in [4.78, 5) is 37.2. The van der Waals surface area contributed by atoms with Crippen LogP contribution in [-0.2, 0) is 16.1 Å². The van der Waals surface area contributed by atoms with Crippen LogP contribution in [0.25, 0.3) is 16.5 Å². The highest BCUT2D eigenvalue weighted by atomic mass is 16.5. The monoisotopic (exact) mass is 431 g/mol. The molecule has 1 amide bonds. The number of carbonyl (C=O) groups is 2. The Balaban J connectivity index is 1.52. The van der Waals surface area contributed by atoms with Crippen molar-refractivity contribution in [3.05, 3.63) is 82.5 Å². The number of fused-ring (bicyclic) bond motifs is 1. The summed E-state index contributed by atoms with van der Waals surface area (Å²) in [5.74, 6) is -0.828. The molecule has 0 saturated heterocycles. The third-order valence-electron chi connectivity index (χ3n) is 4.93. The zero-order chi connectivity index (χ0) is 22.7. The summed E-state index contributed by atoms with van der Waals surface area (Å²) in [6.45, 7) is 3.56. The maximum absolute atomic E-state index is 12.6. The van der Waals surface area contributed by atoms with Crippen molar-refractivity contribution in [2.24, 2.45) is 0 Å². The first-order valence-electron chi connectivity index (χ1n) is 10.0. The molecule has 0 bridgehead atoms. The van der Waals surface area contributed by atoms with Crippen LogP contribution >= 0.6 is 0 Å². The molecule has 0 atom stereocenters. The predicted molar refractivity (Wildman–Crippen MR) is 119 cm³/mol. The maximum atomic E-state index is 12.6. The molecule has 0 unspecified atom stereocenters. The zero-order valence-corrected chi connectivity index (χ0v) is 17.6. The summed E-state index contributed by atoms with van der Waals surface area (Å²) in [6.07, 6.45) is 3.02. The third-order valence-corrected chi connectivity index (χ3v) is 4.93. The molecule has 162 valence electrons. The van der Waals surface area contributed by atoms with Crippen molar-refractivity contribution in [1.82, 2.24) is 19.6 Å². The van der Waals surface area contributed by atoms with E-state index in [4.69, 9.17) is 4.74 Å². The summed E-state index contributed by atoms with van der Waals surface area (Å²) >= 11 is 0. The topological polar surface area (TPSA) is 108 Å². The van der Waals surface area contributed by atoms with Crippen LogP contribution in [0.1, 0.15) is 23.0 Å². The molecule has 0 aliphatic rings. The molecule has 0 aliphatic carbocycles. The van der Waals surface area contributed by atoms with Gasteiger partial charge < -0.3 is 10.1 Å². The van der Waals surface area contributed by atoms with Gasteiger partial charge in [0.1, 0.15) is 12.1 Å². The largest absolute Gasteiger partial charge is 0.462 e. The minimum atomic E-state index is -0.436. The first kappa shape index (κ1) is 21.0. The van der Waals surface area contributed by atoms with E-state index in [9.17, 15) is 14.4 Å². The SMILES string of the molecule is CCOC(=O)c1cnn(-c2cccc(NC(=O)Cn3ncc4ccccc4c3=O)c2)c1C. The highest BCUT2D eigenvalue weighted by molar-refractivity contribution is 5.91. The van der Waals surface area contributed by atoms with Gasteiger partial charge in [-0.15, -0.1) is 0 Å². The lowest BCUT2D eigenvalue weighted by Gasteiger charge is -2.10. The summed E-state index contributed by atoms with van der Waals surface area (Å²) in [6, 6.07) is 14.1. The second-order valence-electron chi connectivity index (χ2n) is 7.07. The quantitative estimate of drug-likeness (QED) is 0.470. The van der Waals surface area contributed by atoms with Crippen LogP contribution in [0.3, 0.4) is 0 Å². The summed E-state index contributed by atoms with van der Waals surface area (Å²) in [5, 5.41) is 12.3. The van der Waals surface area contributed by atoms with E-state index >= 15 is 0 Å². The molecule has 1 N–H and O–H groups in total. The van der Waals surface area contributed by atoms with Crippen LogP contribution in [0.4, 0.5) is 5.69 Å². The van der Waals surface area contributed by atoms with Gasteiger partial charge in [0.05, 0.1) is 35.8 Å². The van der Waals surface area contributed by atoms with Crippen LogP contribution in [0, 0.1) is 6.92 Å². The Hall–Kier alpha value is -4.27. The van der Waals surface area contributed by atoms with E-state index in [1.54, 1.807) is 67.2 Å². The Morgan fingerprint density at radius 3 is 2.69 bits per heavy atom. The van der Waals surface area contributed by atoms with E-state index in [1.807, 2.05) is 6.07 Å². The minimum Gasteiger partial charge on any atom is -0.462 e. The van der Waals surface area contributed by atoms with Crippen molar-refractivity contribution in [3.63, 3.8) is 0 Å². The molecular formula is C23H21N5O4. The Labute approximate surface area is 183 Å². The summed E-state index contributed by atoms with van der Waals surface area (Å²) in [5.41, 5.74) is 1.86. The molecule has 4 rings (SSSR count). The normalized spacial score (nSPS) is 10.8. The third kappa shape index (κ3) is 4.13. The molecule has 2 heterocycles. The van der Waals surface area contributed by atoms with Gasteiger partial charge in [0.25, 0.3) is 5.56 Å². The standard InChI is InChI=1S/C23H21N5O4/c1-3-32-23(31)20-13-25-28(15(20)2)18-9-6-8-17(11-18)26-21(29)14-27-22(30)19-10-5-4-7-16(19)12-24-27/h4-13H,3,14H2,1-2H3,(H,26,29). The second-order valence-corrected chi connectivity index (χ2v) is 7.07. The lowest BCUT2D eigenvalue weighted by molar-refractivity contribution is -0.117. The number of nitrogens with one attached hydrogen (secondary N) is 1. The van der Waals surface area contributed by atoms with Crippen molar-refractivity contribution in [2.45, 2.75) is 20.4 Å². The number of amides is 1. The number of hydrogen-bond donors (Lipinski definition) is 1. The molecule has 9 heteroatoms. The number of rotatable bonds is 6. The first-order valence-corrected chi connectivity index (χ1v) is 10.0. The van der Waals surface area contributed by atoms with Crippen LogP contribution in [0.2, 0.25) is 0 Å². The van der Waals surface area contributed by atoms with Gasteiger partial charge in [-0.05, 0) is 38.1 Å². The van der Waals surface area contributed by atoms with Crippen LogP contribution < -0.4 is 10.9 Å². The number of benzene rings is 2. The molecular weight excluding hydrogens is 410 g/mol. The molecule has 0 aliphatic heterocycles. The Bertz CT molecular complexity index is 1370. The number of nitrogens with zero attached hydrogens (tertiary/aromatic N) is 4. The van der Waals surface area contributed by atoms with E-state index in [2.05, 4.69) is 15.5 Å². The van der Waals surface area contributed by atoms with E-state index in [0.717, 1.165) is 10.1 Å². The van der Waals surface area contributed by atoms with Crippen molar-refractivity contribution in [2.75, 3.05) is 11.9 Å². The van der Waals surface area contributed by atoms with Gasteiger partial charge in [-0.2, -0.15) is 10.2 Å². The predicted octanol–water partition coefficient (Wildman–Crippen LogP) is 2.71. The molecule has 0 spiro atoms. The highest BCUT2D eigenvalue weighted by Crippen LogP contribution is 2.18. The highest BCUT2D eigenvalue weighted by Gasteiger charge is 2.16. The van der Waals surface area contributed by atoms with Crippen molar-refractivity contribution in [3.8, 4) is 5.69 Å². The fraction of sp³-hybridized carbons (Fsp3) is 0.174. The molecule has 32 heavy (non-hydrogen) atoms. The molecule has 2 aromatic carbocycles. The van der Waals surface area contributed by atoms with Gasteiger partial charge in [0, 0.05) is 11.1 Å². The number of aromatic nitrogens is 4. The van der Waals surface area contributed by atoms with Crippen molar-refractivity contribution >= 4 is 28.3 Å². The van der Waals surface area contributed by atoms with Crippen LogP contribution in [-0.4, -0.2) is 38.0 Å². The average molecular weight is 431 g/mol. The van der Waals surface area contributed by atoms with E-state index < -0.39 is 11.9 Å². The first-order chi connectivity index (χ1) is 15.5. The fourth-order valence-corrected chi connectivity index (χ4v) is 3.37. The number of anilines is 1. The van der Waals surface area contributed by atoms with Crippen LogP contribution in [0.5, 0.6) is 0 Å². The summed E-state index contributed by atoms with van der Waals surface area (Å²) in [7, 11) is 0. The van der Waals surface area contributed by atoms with Crippen LogP contribution in [0.15, 0.2) is 65.7 Å². The number of carbonyl (C=O) groups excluding carboxylic acids is 2. The lowest BCUT2D eigenvalue weighted by atomic mass is 10.2. The van der Waals surface area contributed by atoms with Gasteiger partial charge in [0.2, 0.25) is 5.91 Å². The molecule has 4 aromatic rings. The van der Waals surface area contributed by atoms with E-state index in [1.165, 1.54) is 6.20 Å². The number of ether oxygens (including phenoxy) is 1. The molecule has 0 saturated carbocycles. The van der Waals surface area contributed by atoms with Gasteiger partial charge in [-0.1, -0.05) is 24.3 Å². The van der Waals surface area contributed by atoms with Gasteiger partial charge in [-0.25, -0.2) is 14.2 Å². The second kappa shape index (κ2) is 8.84. The van der Waals surface area contributed by atoms with Gasteiger partial charge in [-0.3, -0.25) is 9.59 Å². The number of hydrogen-bond acceptors (Lipinski definition) is 6. The van der Waals surface area contributed by atoms with Crippen molar-refractivity contribution in [1.29, 1.82) is 0 Å². The average Bonchev–Trinajstić information content (AvgIpc) is 3.17. The molecule has 9 nitrogen and oxygen atoms in total. The van der Waals surface area contributed by atoms with E-state index in [-0.39, 0.29) is 18.7 Å². The van der Waals surface area contributed by atoms with Crippen molar-refractivity contribution < 1.29 is 14.3 Å². The zero-order valence-electron chi connectivity index (χ0n) is 17.6. The fourth-order valence-electron chi connectivity index (χ4n) is 3.37. The Morgan fingerprint density at radius 2 is 1.88 bits per heavy atom. The Morgan fingerprint density at radius 1 is 1.06 bits per heavy atom. The smallest absolute Gasteiger partial charge is 0.341 e. The van der Waals surface area contributed by atoms with E-state index in [0.29, 0.717) is 28.0 Å². The number of esters is 1. The van der Waals surface area contributed by atoms with Gasteiger partial charge in [0.15, 0.2) is 0 Å².